The average molecular weight is 335 g/mol. The molecule has 4 nitrogen and oxygen atoms in total. The molecule has 0 radical (unpaired) electrons. The minimum Gasteiger partial charge on any atom is -0.354 e. The van der Waals surface area contributed by atoms with Crippen LogP contribution in [0.25, 0.3) is 0 Å². The van der Waals surface area contributed by atoms with Crippen LogP contribution in [0.1, 0.15) is 30.4 Å². The van der Waals surface area contributed by atoms with Crippen molar-refractivity contribution in [3.8, 4) is 0 Å². The quantitative estimate of drug-likeness (QED) is 0.620. The maximum atomic E-state index is 4.37. The van der Waals surface area contributed by atoms with E-state index in [-0.39, 0.29) is 0 Å². The monoisotopic (exact) mass is 334 g/mol. The Balaban J connectivity index is 1.84. The highest BCUT2D eigenvalue weighted by Crippen LogP contribution is 2.27. The maximum Gasteiger partial charge on any atom is 0.191 e. The highest BCUT2D eigenvalue weighted by atomic mass is 32.2. The van der Waals surface area contributed by atoms with Crippen LogP contribution >= 0.6 is 11.8 Å². The minimum atomic E-state index is 0.554. The highest BCUT2D eigenvalue weighted by Gasteiger charge is 2.24. The first-order valence-electron chi connectivity index (χ1n) is 8.33. The third kappa shape index (κ3) is 6.07. The van der Waals surface area contributed by atoms with E-state index in [1.807, 2.05) is 18.8 Å². The summed E-state index contributed by atoms with van der Waals surface area (Å²) < 4.78 is 0. The van der Waals surface area contributed by atoms with Crippen LogP contribution in [0, 0.1) is 0 Å². The molecule has 1 saturated carbocycles. The van der Waals surface area contributed by atoms with Crippen molar-refractivity contribution in [2.24, 2.45) is 4.99 Å². The molecule has 0 saturated heterocycles. The van der Waals surface area contributed by atoms with E-state index in [9.17, 15) is 0 Å². The second-order valence-electron chi connectivity index (χ2n) is 6.50. The van der Waals surface area contributed by atoms with Crippen LogP contribution in [-0.2, 0) is 13.1 Å². The Hall–Kier alpha value is -1.20. The molecule has 0 heterocycles. The number of hydrogen-bond donors (Lipinski definition) is 2. The van der Waals surface area contributed by atoms with E-state index in [4.69, 9.17) is 0 Å². The molecule has 0 aliphatic heterocycles. The Morgan fingerprint density at radius 2 is 2.09 bits per heavy atom. The van der Waals surface area contributed by atoms with Crippen molar-refractivity contribution in [2.75, 3.05) is 27.4 Å². The van der Waals surface area contributed by atoms with Gasteiger partial charge in [-0.25, -0.2) is 0 Å². The Labute approximate surface area is 145 Å². The van der Waals surface area contributed by atoms with Crippen LogP contribution in [-0.4, -0.2) is 49.6 Å². The van der Waals surface area contributed by atoms with Gasteiger partial charge in [0.15, 0.2) is 5.96 Å². The van der Waals surface area contributed by atoms with Gasteiger partial charge >= 0.3 is 0 Å². The van der Waals surface area contributed by atoms with Crippen molar-refractivity contribution in [1.82, 2.24) is 15.5 Å². The molecular weight excluding hydrogens is 304 g/mol. The lowest BCUT2D eigenvalue weighted by atomic mass is 10.1. The van der Waals surface area contributed by atoms with Gasteiger partial charge in [-0.05, 0) is 50.7 Å². The summed E-state index contributed by atoms with van der Waals surface area (Å²) in [6.07, 6.45) is 5.99. The van der Waals surface area contributed by atoms with E-state index in [1.54, 1.807) is 0 Å². The number of rotatable bonds is 6. The van der Waals surface area contributed by atoms with Crippen molar-refractivity contribution in [1.29, 1.82) is 0 Å². The smallest absolute Gasteiger partial charge is 0.191 e. The summed E-state index contributed by atoms with van der Waals surface area (Å²) in [4.78, 5) is 6.56. The molecule has 2 N–H and O–H groups in total. The third-order valence-electron chi connectivity index (χ3n) is 4.23. The lowest BCUT2D eigenvalue weighted by molar-refractivity contribution is 0.402. The fraction of sp³-hybridized carbons (Fsp3) is 0.611. The maximum absolute atomic E-state index is 4.37. The van der Waals surface area contributed by atoms with Crippen LogP contribution in [0.5, 0.6) is 0 Å². The summed E-state index contributed by atoms with van der Waals surface area (Å²) in [5, 5.41) is 7.81. The van der Waals surface area contributed by atoms with Crippen molar-refractivity contribution in [3.05, 3.63) is 35.4 Å². The summed E-state index contributed by atoms with van der Waals surface area (Å²) >= 11 is 1.98. The normalized spacial score (nSPS) is 21.7. The molecule has 1 aromatic carbocycles. The van der Waals surface area contributed by atoms with Crippen molar-refractivity contribution < 1.29 is 0 Å². The van der Waals surface area contributed by atoms with Crippen LogP contribution in [0.3, 0.4) is 0 Å². The molecule has 1 aliphatic rings. The fourth-order valence-electron chi connectivity index (χ4n) is 3.06. The number of nitrogens with zero attached hydrogens (tertiary/aromatic N) is 2. The summed E-state index contributed by atoms with van der Waals surface area (Å²) in [5.74, 6) is 0.912. The highest BCUT2D eigenvalue weighted by molar-refractivity contribution is 7.99. The number of nitrogens with one attached hydrogen (secondary N) is 2. The van der Waals surface area contributed by atoms with E-state index < -0.39 is 0 Å². The Kier molecular flexibility index (Phi) is 7.24. The second kappa shape index (κ2) is 9.18. The third-order valence-corrected chi connectivity index (χ3v) is 5.33. The first-order chi connectivity index (χ1) is 11.1. The molecule has 2 atom stereocenters. The summed E-state index contributed by atoms with van der Waals surface area (Å²) in [6, 6.07) is 9.29. The second-order valence-corrected chi connectivity index (χ2v) is 7.63. The molecule has 128 valence electrons. The molecule has 0 amide bonds. The molecule has 5 heteroatoms. The van der Waals surface area contributed by atoms with E-state index in [2.05, 4.69) is 65.1 Å². The molecule has 0 spiro atoms. The Morgan fingerprint density at radius 1 is 1.30 bits per heavy atom. The molecule has 2 rings (SSSR count). The largest absolute Gasteiger partial charge is 0.354 e. The fourth-order valence-corrected chi connectivity index (χ4v) is 3.86. The molecule has 0 bridgehead atoms. The van der Waals surface area contributed by atoms with Gasteiger partial charge in [0, 0.05) is 31.4 Å². The number of guanidine groups is 1. The lowest BCUT2D eigenvalue weighted by Crippen LogP contribution is -2.42. The topological polar surface area (TPSA) is 39.7 Å². The first-order valence-corrected chi connectivity index (χ1v) is 9.62. The van der Waals surface area contributed by atoms with Gasteiger partial charge in [-0.15, -0.1) is 0 Å². The van der Waals surface area contributed by atoms with Gasteiger partial charge in [0.2, 0.25) is 0 Å². The SMILES string of the molecule is CN=C(NCc1cccc(CN(C)C)c1)NC1CCC(SC)C1. The molecule has 0 aromatic heterocycles. The molecule has 23 heavy (non-hydrogen) atoms. The number of benzene rings is 1. The summed E-state index contributed by atoms with van der Waals surface area (Å²) in [6.45, 7) is 1.78. The zero-order chi connectivity index (χ0) is 16.7. The molecular formula is C18H30N4S. The summed E-state index contributed by atoms with van der Waals surface area (Å²) in [7, 11) is 6.04. The first kappa shape index (κ1) is 18.1. The van der Waals surface area contributed by atoms with Crippen LogP contribution in [0.4, 0.5) is 0 Å². The standard InChI is InChI=1S/C18H30N4S/c1-19-18(21-16-8-9-17(11-16)23-4)20-12-14-6-5-7-15(10-14)13-22(2)3/h5-7,10,16-17H,8-9,11-13H2,1-4H3,(H2,19,20,21). The Morgan fingerprint density at radius 3 is 2.74 bits per heavy atom. The predicted octanol–water partition coefficient (Wildman–Crippen LogP) is 2.70. The van der Waals surface area contributed by atoms with E-state index in [1.165, 1.54) is 30.4 Å². The Bertz CT molecular complexity index is 515. The van der Waals surface area contributed by atoms with Gasteiger partial charge in [0.1, 0.15) is 0 Å². The van der Waals surface area contributed by atoms with Gasteiger partial charge in [-0.3, -0.25) is 4.99 Å². The van der Waals surface area contributed by atoms with E-state index in [0.29, 0.717) is 6.04 Å². The zero-order valence-corrected chi connectivity index (χ0v) is 15.6. The molecule has 1 aliphatic carbocycles. The minimum absolute atomic E-state index is 0.554. The van der Waals surface area contributed by atoms with Gasteiger partial charge in [0.25, 0.3) is 0 Å². The zero-order valence-electron chi connectivity index (χ0n) is 14.8. The van der Waals surface area contributed by atoms with Gasteiger partial charge < -0.3 is 15.5 Å². The average Bonchev–Trinajstić information content (AvgIpc) is 2.99. The van der Waals surface area contributed by atoms with E-state index >= 15 is 0 Å². The van der Waals surface area contributed by atoms with Crippen molar-refractivity contribution >= 4 is 17.7 Å². The number of aliphatic imine (C=N–C) groups is 1. The molecule has 2 unspecified atom stereocenters. The van der Waals surface area contributed by atoms with Gasteiger partial charge in [-0.1, -0.05) is 24.3 Å². The van der Waals surface area contributed by atoms with Crippen molar-refractivity contribution in [2.45, 2.75) is 43.6 Å². The predicted molar refractivity (Wildman–Crippen MR) is 102 cm³/mol. The van der Waals surface area contributed by atoms with Gasteiger partial charge in [0.05, 0.1) is 0 Å². The molecule has 1 aromatic rings. The lowest BCUT2D eigenvalue weighted by Gasteiger charge is -2.18. The van der Waals surface area contributed by atoms with Crippen LogP contribution in [0.15, 0.2) is 29.3 Å². The van der Waals surface area contributed by atoms with Crippen LogP contribution < -0.4 is 10.6 Å². The van der Waals surface area contributed by atoms with Gasteiger partial charge in [-0.2, -0.15) is 11.8 Å². The number of thioether (sulfide) groups is 1. The van der Waals surface area contributed by atoms with Crippen molar-refractivity contribution in [3.63, 3.8) is 0 Å². The van der Waals surface area contributed by atoms with Crippen LogP contribution in [0.2, 0.25) is 0 Å². The summed E-state index contributed by atoms with van der Waals surface area (Å²) in [5.41, 5.74) is 2.64. The molecule has 1 fully saturated rings. The number of hydrogen-bond acceptors (Lipinski definition) is 3. The van der Waals surface area contributed by atoms with E-state index in [0.717, 1.165) is 24.3 Å².